The Hall–Kier alpha value is -0.0800. The van der Waals surface area contributed by atoms with E-state index >= 15 is 0 Å². The van der Waals surface area contributed by atoms with E-state index in [1.54, 1.807) is 0 Å². The fourth-order valence-electron chi connectivity index (χ4n) is 2.18. The molecule has 0 aliphatic rings. The van der Waals surface area contributed by atoms with Crippen LogP contribution >= 0.6 is 0 Å². The van der Waals surface area contributed by atoms with Crippen molar-refractivity contribution in [1.82, 2.24) is 10.2 Å². The fourth-order valence-corrected chi connectivity index (χ4v) is 2.18. The number of hydrogen-bond acceptors (Lipinski definition) is 2. The smallest absolute Gasteiger partial charge is 0.00816 e. The lowest BCUT2D eigenvalue weighted by Crippen LogP contribution is -2.39. The highest BCUT2D eigenvalue weighted by molar-refractivity contribution is 4.73. The molecule has 110 valence electrons. The van der Waals surface area contributed by atoms with Crippen molar-refractivity contribution in [2.75, 3.05) is 20.1 Å². The van der Waals surface area contributed by atoms with Crippen LogP contribution < -0.4 is 5.32 Å². The molecule has 0 aromatic rings. The summed E-state index contributed by atoms with van der Waals surface area (Å²) in [6, 6.07) is 1.30. The van der Waals surface area contributed by atoms with E-state index in [2.05, 4.69) is 58.8 Å². The Morgan fingerprint density at radius 2 is 1.28 bits per heavy atom. The second-order valence-electron chi connectivity index (χ2n) is 6.68. The van der Waals surface area contributed by atoms with Gasteiger partial charge >= 0.3 is 0 Å². The van der Waals surface area contributed by atoms with Crippen molar-refractivity contribution < 1.29 is 0 Å². The van der Waals surface area contributed by atoms with Crippen molar-refractivity contribution >= 4 is 0 Å². The maximum Gasteiger partial charge on any atom is 0.00816 e. The van der Waals surface area contributed by atoms with Crippen LogP contribution in [0.4, 0.5) is 0 Å². The SMILES string of the molecule is CNC(C)CC(C)N(CCC(C)C)CCC(C)C. The van der Waals surface area contributed by atoms with Gasteiger partial charge in [-0.3, -0.25) is 0 Å². The van der Waals surface area contributed by atoms with E-state index in [4.69, 9.17) is 0 Å². The van der Waals surface area contributed by atoms with Gasteiger partial charge in [0.15, 0.2) is 0 Å². The maximum atomic E-state index is 3.35. The summed E-state index contributed by atoms with van der Waals surface area (Å²) >= 11 is 0. The molecule has 0 aliphatic carbocycles. The van der Waals surface area contributed by atoms with Crippen LogP contribution in [0, 0.1) is 11.8 Å². The lowest BCUT2D eigenvalue weighted by Gasteiger charge is -2.32. The quantitative estimate of drug-likeness (QED) is 0.640. The Kier molecular flexibility index (Phi) is 9.76. The molecule has 0 aromatic carbocycles. The first-order valence-corrected chi connectivity index (χ1v) is 7.78. The Balaban J connectivity index is 4.24. The van der Waals surface area contributed by atoms with Gasteiger partial charge < -0.3 is 10.2 Å². The molecular weight excluding hydrogens is 220 g/mol. The summed E-state index contributed by atoms with van der Waals surface area (Å²) in [4.78, 5) is 2.69. The third-order valence-corrected chi connectivity index (χ3v) is 3.80. The largest absolute Gasteiger partial charge is 0.317 e. The second-order valence-corrected chi connectivity index (χ2v) is 6.68. The first-order valence-electron chi connectivity index (χ1n) is 7.78. The van der Waals surface area contributed by atoms with Crippen LogP contribution in [0.2, 0.25) is 0 Å². The number of nitrogens with one attached hydrogen (secondary N) is 1. The van der Waals surface area contributed by atoms with Gasteiger partial charge in [-0.1, -0.05) is 27.7 Å². The molecule has 0 heterocycles. The first kappa shape index (κ1) is 17.9. The Bertz CT molecular complexity index is 178. The van der Waals surface area contributed by atoms with Crippen LogP contribution in [-0.4, -0.2) is 37.1 Å². The summed E-state index contributed by atoms with van der Waals surface area (Å²) < 4.78 is 0. The summed E-state index contributed by atoms with van der Waals surface area (Å²) in [7, 11) is 2.06. The van der Waals surface area contributed by atoms with Crippen LogP contribution in [0.1, 0.15) is 60.8 Å². The standard InChI is InChI=1S/C16H36N2/c1-13(2)8-10-18(11-9-14(3)4)16(6)12-15(5)17-7/h13-17H,8-12H2,1-7H3. The summed E-state index contributed by atoms with van der Waals surface area (Å²) in [5.41, 5.74) is 0. The van der Waals surface area contributed by atoms with Gasteiger partial charge in [0, 0.05) is 12.1 Å². The molecule has 0 saturated heterocycles. The zero-order valence-electron chi connectivity index (χ0n) is 13.8. The van der Waals surface area contributed by atoms with Crippen LogP contribution in [0.5, 0.6) is 0 Å². The van der Waals surface area contributed by atoms with Crippen LogP contribution in [0.3, 0.4) is 0 Å². The second kappa shape index (κ2) is 9.80. The molecule has 2 nitrogen and oxygen atoms in total. The average molecular weight is 256 g/mol. The Labute approximate surface area is 116 Å². The molecule has 2 atom stereocenters. The van der Waals surface area contributed by atoms with Gasteiger partial charge in [-0.25, -0.2) is 0 Å². The predicted molar refractivity (Wildman–Crippen MR) is 83.1 cm³/mol. The van der Waals surface area contributed by atoms with E-state index in [1.807, 2.05) is 0 Å². The highest BCUT2D eigenvalue weighted by atomic mass is 15.1. The van der Waals surface area contributed by atoms with E-state index in [0.717, 1.165) is 11.8 Å². The highest BCUT2D eigenvalue weighted by Crippen LogP contribution is 2.13. The van der Waals surface area contributed by atoms with E-state index < -0.39 is 0 Å². The summed E-state index contributed by atoms with van der Waals surface area (Å²) in [5.74, 6) is 1.61. The van der Waals surface area contributed by atoms with Crippen molar-refractivity contribution in [3.63, 3.8) is 0 Å². The van der Waals surface area contributed by atoms with Gasteiger partial charge in [0.1, 0.15) is 0 Å². The van der Waals surface area contributed by atoms with Gasteiger partial charge in [0.2, 0.25) is 0 Å². The molecular formula is C16H36N2. The number of nitrogens with zero attached hydrogens (tertiary/aromatic N) is 1. The summed E-state index contributed by atoms with van der Waals surface area (Å²) in [5, 5.41) is 3.35. The van der Waals surface area contributed by atoms with Gasteiger partial charge in [-0.2, -0.15) is 0 Å². The van der Waals surface area contributed by atoms with Crippen molar-refractivity contribution in [2.45, 2.75) is 72.9 Å². The molecule has 0 saturated carbocycles. The molecule has 0 radical (unpaired) electrons. The van der Waals surface area contributed by atoms with Crippen LogP contribution in [-0.2, 0) is 0 Å². The van der Waals surface area contributed by atoms with E-state index in [-0.39, 0.29) is 0 Å². The van der Waals surface area contributed by atoms with Gasteiger partial charge in [0.25, 0.3) is 0 Å². The van der Waals surface area contributed by atoms with Gasteiger partial charge in [-0.05, 0) is 65.1 Å². The predicted octanol–water partition coefficient (Wildman–Crippen LogP) is 3.77. The summed E-state index contributed by atoms with van der Waals surface area (Å²) in [6.07, 6.45) is 3.87. The van der Waals surface area contributed by atoms with Crippen LogP contribution in [0.15, 0.2) is 0 Å². The number of rotatable bonds is 10. The zero-order valence-corrected chi connectivity index (χ0v) is 13.8. The lowest BCUT2D eigenvalue weighted by molar-refractivity contribution is 0.171. The summed E-state index contributed by atoms with van der Waals surface area (Å²) in [6.45, 7) is 16.4. The lowest BCUT2D eigenvalue weighted by atomic mass is 10.0. The molecule has 2 unspecified atom stereocenters. The molecule has 0 bridgehead atoms. The minimum absolute atomic E-state index is 0.612. The molecule has 18 heavy (non-hydrogen) atoms. The third-order valence-electron chi connectivity index (χ3n) is 3.80. The minimum Gasteiger partial charge on any atom is -0.317 e. The van der Waals surface area contributed by atoms with Gasteiger partial charge in [-0.15, -0.1) is 0 Å². The topological polar surface area (TPSA) is 15.3 Å². The highest BCUT2D eigenvalue weighted by Gasteiger charge is 2.16. The first-order chi connectivity index (χ1) is 8.36. The zero-order chi connectivity index (χ0) is 14.1. The van der Waals surface area contributed by atoms with Crippen molar-refractivity contribution in [2.24, 2.45) is 11.8 Å². The van der Waals surface area contributed by atoms with Gasteiger partial charge in [0.05, 0.1) is 0 Å². The van der Waals surface area contributed by atoms with E-state index in [0.29, 0.717) is 12.1 Å². The molecule has 1 N–H and O–H groups in total. The molecule has 2 heteroatoms. The molecule has 0 spiro atoms. The normalized spacial score (nSPS) is 15.7. The fraction of sp³-hybridized carbons (Fsp3) is 1.00. The maximum absolute atomic E-state index is 3.35. The van der Waals surface area contributed by atoms with Crippen molar-refractivity contribution in [3.05, 3.63) is 0 Å². The van der Waals surface area contributed by atoms with Crippen molar-refractivity contribution in [3.8, 4) is 0 Å². The third kappa shape index (κ3) is 8.93. The molecule has 0 aromatic heterocycles. The Morgan fingerprint density at radius 1 is 0.833 bits per heavy atom. The monoisotopic (exact) mass is 256 g/mol. The minimum atomic E-state index is 0.612. The molecule has 0 aliphatic heterocycles. The average Bonchev–Trinajstić information content (AvgIpc) is 2.27. The molecule has 0 amide bonds. The number of hydrogen-bond donors (Lipinski definition) is 1. The van der Waals surface area contributed by atoms with E-state index in [1.165, 1.54) is 32.4 Å². The van der Waals surface area contributed by atoms with E-state index in [9.17, 15) is 0 Å². The van der Waals surface area contributed by atoms with Crippen molar-refractivity contribution in [1.29, 1.82) is 0 Å². The van der Waals surface area contributed by atoms with Crippen LogP contribution in [0.25, 0.3) is 0 Å². The Morgan fingerprint density at radius 3 is 1.61 bits per heavy atom. The molecule has 0 fully saturated rings. The molecule has 0 rings (SSSR count).